The van der Waals surface area contributed by atoms with Crippen LogP contribution in [-0.2, 0) is 13.0 Å². The van der Waals surface area contributed by atoms with Crippen molar-refractivity contribution in [3.8, 4) is 0 Å². The van der Waals surface area contributed by atoms with Crippen LogP contribution in [0.2, 0.25) is 0 Å². The van der Waals surface area contributed by atoms with Gasteiger partial charge in [-0.2, -0.15) is 0 Å². The van der Waals surface area contributed by atoms with Crippen LogP contribution in [0.3, 0.4) is 0 Å². The average molecular weight is 330 g/mol. The quantitative estimate of drug-likeness (QED) is 0.468. The molecule has 0 spiro atoms. The van der Waals surface area contributed by atoms with Gasteiger partial charge in [0.25, 0.3) is 0 Å². The second kappa shape index (κ2) is 11.1. The van der Waals surface area contributed by atoms with Crippen LogP contribution >= 0.6 is 0 Å². The third-order valence-corrected chi connectivity index (χ3v) is 3.96. The highest BCUT2D eigenvalue weighted by molar-refractivity contribution is 5.13. The summed E-state index contributed by atoms with van der Waals surface area (Å²) in [5.41, 5.74) is 4.35. The number of furan rings is 1. The van der Waals surface area contributed by atoms with Crippen molar-refractivity contribution in [2.75, 3.05) is 14.1 Å². The normalized spacial score (nSPS) is 12.8. The van der Waals surface area contributed by atoms with Gasteiger partial charge < -0.3 is 9.32 Å². The molecule has 0 saturated heterocycles. The van der Waals surface area contributed by atoms with Crippen LogP contribution in [0.1, 0.15) is 64.9 Å². The van der Waals surface area contributed by atoms with Crippen molar-refractivity contribution in [2.45, 2.75) is 66.3 Å². The molecular weight excluding hydrogens is 294 g/mol. The number of hydrogen-bond acceptors (Lipinski definition) is 2. The Morgan fingerprint density at radius 3 is 2.08 bits per heavy atom. The highest BCUT2D eigenvalue weighted by Crippen LogP contribution is 2.14. The molecule has 0 saturated carbocycles. The second-order valence-corrected chi connectivity index (χ2v) is 7.27. The van der Waals surface area contributed by atoms with Gasteiger partial charge in [-0.3, -0.25) is 0 Å². The molecule has 0 aliphatic rings. The zero-order chi connectivity index (χ0) is 17.9. The van der Waals surface area contributed by atoms with Gasteiger partial charge >= 0.3 is 0 Å². The molecule has 0 amide bonds. The fraction of sp³-hybridized carbons (Fsp3) is 0.545. The number of nitrogens with zero attached hydrogens (tertiary/aromatic N) is 1. The average Bonchev–Trinajstić information content (AvgIpc) is 2.91. The Kier molecular flexibility index (Phi) is 9.48. The first-order chi connectivity index (χ1) is 11.4. The van der Waals surface area contributed by atoms with Gasteiger partial charge in [-0.05, 0) is 79.6 Å². The maximum Gasteiger partial charge on any atom is 0.118 e. The lowest BCUT2D eigenvalue weighted by Gasteiger charge is -2.05. The zero-order valence-electron chi connectivity index (χ0n) is 16.5. The molecule has 1 aromatic heterocycles. The molecule has 1 rings (SSSR count). The third-order valence-electron chi connectivity index (χ3n) is 3.96. The number of rotatable bonds is 10. The van der Waals surface area contributed by atoms with E-state index in [1.165, 1.54) is 23.1 Å². The molecule has 0 aromatic carbocycles. The summed E-state index contributed by atoms with van der Waals surface area (Å²) in [4.78, 5) is 2.12. The van der Waals surface area contributed by atoms with E-state index in [-0.39, 0.29) is 0 Å². The van der Waals surface area contributed by atoms with Gasteiger partial charge in [0.15, 0.2) is 0 Å². The molecule has 0 unspecified atom stereocenters. The summed E-state index contributed by atoms with van der Waals surface area (Å²) in [6, 6.07) is 4.17. The molecule has 24 heavy (non-hydrogen) atoms. The molecule has 2 heteroatoms. The summed E-state index contributed by atoms with van der Waals surface area (Å²) < 4.78 is 5.85. The lowest BCUT2D eigenvalue weighted by Crippen LogP contribution is -2.09. The topological polar surface area (TPSA) is 16.4 Å². The van der Waals surface area contributed by atoms with Gasteiger partial charge in [-0.1, -0.05) is 34.9 Å². The highest BCUT2D eigenvalue weighted by Gasteiger charge is 2.02. The van der Waals surface area contributed by atoms with Gasteiger partial charge in [-0.15, -0.1) is 0 Å². The van der Waals surface area contributed by atoms with Crippen molar-refractivity contribution in [2.24, 2.45) is 0 Å². The lowest BCUT2D eigenvalue weighted by molar-refractivity contribution is 0.343. The summed E-state index contributed by atoms with van der Waals surface area (Å²) in [6.45, 7) is 9.65. The third kappa shape index (κ3) is 9.57. The largest absolute Gasteiger partial charge is 0.464 e. The fourth-order valence-electron chi connectivity index (χ4n) is 2.54. The van der Waals surface area contributed by atoms with Crippen LogP contribution in [0.4, 0.5) is 0 Å². The standard InChI is InChI=1S/C22H35NO/c1-18(2)9-7-10-19(3)11-8-12-20(4)13-14-21-15-16-22(24-21)17-23(5)6/h9,11,13,15-16H,7-8,10,12,14,17H2,1-6H3. The summed E-state index contributed by atoms with van der Waals surface area (Å²) in [6.07, 6.45) is 12.5. The lowest BCUT2D eigenvalue weighted by atomic mass is 10.1. The smallest absolute Gasteiger partial charge is 0.118 e. The van der Waals surface area contributed by atoms with E-state index in [0.29, 0.717) is 0 Å². The predicted molar refractivity (Wildman–Crippen MR) is 105 cm³/mol. The number of allylic oxidation sites excluding steroid dienone is 6. The second-order valence-electron chi connectivity index (χ2n) is 7.27. The zero-order valence-corrected chi connectivity index (χ0v) is 16.5. The molecule has 1 heterocycles. The first kappa shape index (κ1) is 20.5. The monoisotopic (exact) mass is 329 g/mol. The van der Waals surface area contributed by atoms with E-state index in [9.17, 15) is 0 Å². The van der Waals surface area contributed by atoms with Crippen molar-refractivity contribution in [1.29, 1.82) is 0 Å². The Labute approximate surface area is 148 Å². The van der Waals surface area contributed by atoms with Crippen molar-refractivity contribution in [3.63, 3.8) is 0 Å². The molecule has 134 valence electrons. The Bertz CT molecular complexity index is 569. The maximum atomic E-state index is 5.85. The van der Waals surface area contributed by atoms with Crippen molar-refractivity contribution >= 4 is 0 Å². The molecule has 0 fully saturated rings. The molecule has 0 atom stereocenters. The Balaban J connectivity index is 2.34. The molecule has 0 radical (unpaired) electrons. The minimum absolute atomic E-state index is 0.861. The molecule has 0 N–H and O–H groups in total. The van der Waals surface area contributed by atoms with E-state index in [2.05, 4.69) is 77.1 Å². The van der Waals surface area contributed by atoms with Gasteiger partial charge in [-0.25, -0.2) is 0 Å². The Hall–Kier alpha value is -1.54. The van der Waals surface area contributed by atoms with Gasteiger partial charge in [0.2, 0.25) is 0 Å². The van der Waals surface area contributed by atoms with E-state index in [1.807, 2.05) is 0 Å². The molecule has 1 aromatic rings. The molecule has 2 nitrogen and oxygen atoms in total. The summed E-state index contributed by atoms with van der Waals surface area (Å²) in [7, 11) is 4.11. The van der Waals surface area contributed by atoms with Crippen LogP contribution in [-0.4, -0.2) is 19.0 Å². The van der Waals surface area contributed by atoms with E-state index in [4.69, 9.17) is 4.42 Å². The summed E-state index contributed by atoms with van der Waals surface area (Å²) in [5.74, 6) is 2.09. The van der Waals surface area contributed by atoms with Gasteiger partial charge in [0.05, 0.1) is 6.54 Å². The summed E-state index contributed by atoms with van der Waals surface area (Å²) in [5, 5.41) is 0. The van der Waals surface area contributed by atoms with Crippen LogP contribution in [0.25, 0.3) is 0 Å². The SMILES string of the molecule is CC(C)=CCCC(C)=CCCC(C)=CCc1ccc(CN(C)C)o1. The first-order valence-corrected chi connectivity index (χ1v) is 9.03. The van der Waals surface area contributed by atoms with E-state index in [1.54, 1.807) is 0 Å². The van der Waals surface area contributed by atoms with Crippen LogP contribution in [0, 0.1) is 0 Å². The van der Waals surface area contributed by atoms with E-state index in [0.717, 1.165) is 43.7 Å². The Morgan fingerprint density at radius 2 is 1.46 bits per heavy atom. The van der Waals surface area contributed by atoms with E-state index < -0.39 is 0 Å². The van der Waals surface area contributed by atoms with Gasteiger partial charge in [0, 0.05) is 6.42 Å². The van der Waals surface area contributed by atoms with Crippen LogP contribution < -0.4 is 0 Å². The minimum Gasteiger partial charge on any atom is -0.464 e. The van der Waals surface area contributed by atoms with Crippen LogP contribution in [0.15, 0.2) is 51.5 Å². The molecule has 0 aliphatic heterocycles. The predicted octanol–water partition coefficient (Wildman–Crippen LogP) is 6.30. The fourth-order valence-corrected chi connectivity index (χ4v) is 2.54. The maximum absolute atomic E-state index is 5.85. The van der Waals surface area contributed by atoms with Crippen molar-refractivity contribution in [1.82, 2.24) is 4.90 Å². The minimum atomic E-state index is 0.861. The van der Waals surface area contributed by atoms with Crippen LogP contribution in [0.5, 0.6) is 0 Å². The number of hydrogen-bond donors (Lipinski definition) is 0. The van der Waals surface area contributed by atoms with E-state index >= 15 is 0 Å². The highest BCUT2D eigenvalue weighted by atomic mass is 16.3. The molecule has 0 aliphatic carbocycles. The van der Waals surface area contributed by atoms with Crippen molar-refractivity contribution in [3.05, 3.63) is 58.6 Å². The summed E-state index contributed by atoms with van der Waals surface area (Å²) >= 11 is 0. The first-order valence-electron chi connectivity index (χ1n) is 9.03. The molecule has 0 bridgehead atoms. The van der Waals surface area contributed by atoms with Gasteiger partial charge in [0.1, 0.15) is 11.5 Å². The molecular formula is C22H35NO. The van der Waals surface area contributed by atoms with Crippen molar-refractivity contribution < 1.29 is 4.42 Å². The Morgan fingerprint density at radius 1 is 0.875 bits per heavy atom.